The molecule has 0 aliphatic carbocycles. The lowest BCUT2D eigenvalue weighted by molar-refractivity contribution is -0.119. The molecule has 0 atom stereocenters. The summed E-state index contributed by atoms with van der Waals surface area (Å²) in [5, 5.41) is 4.78. The summed E-state index contributed by atoms with van der Waals surface area (Å²) in [6.07, 6.45) is 2.24. The van der Waals surface area contributed by atoms with Gasteiger partial charge in [0.1, 0.15) is 12.3 Å². The monoisotopic (exact) mass is 463 g/mol. The Hall–Kier alpha value is -2.00. The third-order valence-electron chi connectivity index (χ3n) is 3.48. The number of nitrogens with one attached hydrogen (secondary N) is 1. The number of anilines is 1. The van der Waals surface area contributed by atoms with Gasteiger partial charge in [-0.3, -0.25) is 9.10 Å². The van der Waals surface area contributed by atoms with Crippen molar-refractivity contribution in [3.8, 4) is 5.75 Å². The highest BCUT2D eigenvalue weighted by atomic mass is 35.5. The first kappa shape index (κ1) is 22.3. The van der Waals surface area contributed by atoms with E-state index < -0.39 is 22.5 Å². The number of sulfonamides is 1. The molecule has 0 unspecified atom stereocenters. The van der Waals surface area contributed by atoms with E-state index in [0.717, 1.165) is 10.6 Å². The van der Waals surface area contributed by atoms with E-state index in [2.05, 4.69) is 10.5 Å². The zero-order valence-corrected chi connectivity index (χ0v) is 17.9. The zero-order valence-electron chi connectivity index (χ0n) is 14.8. The molecule has 0 aliphatic heterocycles. The van der Waals surface area contributed by atoms with Crippen molar-refractivity contribution < 1.29 is 17.9 Å². The Morgan fingerprint density at radius 1 is 1.21 bits per heavy atom. The number of hydrazone groups is 1. The molecule has 0 bridgehead atoms. The lowest BCUT2D eigenvalue weighted by atomic mass is 10.2. The standard InChI is InChI=1S/C17H16Cl3N3O4S/c1-27-16-7-6-11(18)8-15(16)23(28(2,25)26)10-17(24)22-21-9-12-13(19)4-3-5-14(12)20/h3-9H,10H2,1-2H3,(H,22,24)/b21-9-. The molecule has 0 heterocycles. The fourth-order valence-corrected chi connectivity index (χ4v) is 3.72. The summed E-state index contributed by atoms with van der Waals surface area (Å²) in [4.78, 5) is 12.2. The summed E-state index contributed by atoms with van der Waals surface area (Å²) in [5.74, 6) is -0.444. The van der Waals surface area contributed by atoms with Crippen LogP contribution in [0.15, 0.2) is 41.5 Å². The lowest BCUT2D eigenvalue weighted by Crippen LogP contribution is -2.39. The van der Waals surface area contributed by atoms with Crippen LogP contribution in [0.4, 0.5) is 5.69 Å². The first-order chi connectivity index (χ1) is 13.1. The van der Waals surface area contributed by atoms with Crippen molar-refractivity contribution in [2.24, 2.45) is 5.10 Å². The van der Waals surface area contributed by atoms with Crippen molar-refractivity contribution >= 4 is 62.6 Å². The highest BCUT2D eigenvalue weighted by Crippen LogP contribution is 2.32. The van der Waals surface area contributed by atoms with E-state index in [0.29, 0.717) is 15.6 Å². The summed E-state index contributed by atoms with van der Waals surface area (Å²) in [5.41, 5.74) is 2.79. The average Bonchev–Trinajstić information content (AvgIpc) is 2.61. The van der Waals surface area contributed by atoms with Crippen LogP contribution in [0, 0.1) is 0 Å². The second-order valence-corrected chi connectivity index (χ2v) is 8.67. The van der Waals surface area contributed by atoms with Crippen LogP contribution in [0.2, 0.25) is 15.1 Å². The fourth-order valence-electron chi connectivity index (χ4n) is 2.21. The number of halogens is 3. The molecule has 0 saturated heterocycles. The Morgan fingerprint density at radius 2 is 1.86 bits per heavy atom. The van der Waals surface area contributed by atoms with Crippen LogP contribution in [0.5, 0.6) is 5.75 Å². The fraction of sp³-hybridized carbons (Fsp3) is 0.176. The molecule has 2 rings (SSSR count). The first-order valence-electron chi connectivity index (χ1n) is 7.70. The summed E-state index contributed by atoms with van der Waals surface area (Å²) < 4.78 is 30.4. The number of rotatable bonds is 7. The Labute approximate surface area is 177 Å². The van der Waals surface area contributed by atoms with Crippen LogP contribution < -0.4 is 14.5 Å². The number of hydrogen-bond acceptors (Lipinski definition) is 5. The maximum absolute atomic E-state index is 12.2. The van der Waals surface area contributed by atoms with E-state index in [1.165, 1.54) is 25.5 Å². The van der Waals surface area contributed by atoms with E-state index in [9.17, 15) is 13.2 Å². The molecular weight excluding hydrogens is 449 g/mol. The van der Waals surface area contributed by atoms with Crippen molar-refractivity contribution in [2.45, 2.75) is 0 Å². The summed E-state index contributed by atoms with van der Waals surface area (Å²) in [7, 11) is -2.43. The van der Waals surface area contributed by atoms with Gasteiger partial charge in [0.2, 0.25) is 10.0 Å². The average molecular weight is 465 g/mol. The van der Waals surface area contributed by atoms with E-state index in [1.807, 2.05) is 0 Å². The van der Waals surface area contributed by atoms with E-state index >= 15 is 0 Å². The molecule has 2 aromatic rings. The van der Waals surface area contributed by atoms with Gasteiger partial charge in [-0.05, 0) is 30.3 Å². The zero-order chi connectivity index (χ0) is 20.9. The van der Waals surface area contributed by atoms with Gasteiger partial charge in [-0.2, -0.15) is 5.10 Å². The van der Waals surface area contributed by atoms with Gasteiger partial charge in [-0.1, -0.05) is 40.9 Å². The summed E-state index contributed by atoms with van der Waals surface area (Å²) >= 11 is 18.0. The summed E-state index contributed by atoms with van der Waals surface area (Å²) in [6.45, 7) is -0.539. The molecule has 0 aromatic heterocycles. The van der Waals surface area contributed by atoms with E-state index in [1.54, 1.807) is 24.3 Å². The SMILES string of the molecule is COc1ccc(Cl)cc1N(CC(=O)N/N=C\c1c(Cl)cccc1Cl)S(C)(=O)=O. The quantitative estimate of drug-likeness (QED) is 0.501. The van der Waals surface area contributed by atoms with Crippen molar-refractivity contribution in [3.63, 3.8) is 0 Å². The number of benzene rings is 2. The minimum atomic E-state index is -3.81. The largest absolute Gasteiger partial charge is 0.495 e. The van der Waals surface area contributed by atoms with Crippen molar-refractivity contribution in [1.29, 1.82) is 0 Å². The van der Waals surface area contributed by atoms with Crippen LogP contribution in [-0.4, -0.2) is 40.4 Å². The predicted octanol–water partition coefficient (Wildman–Crippen LogP) is 3.57. The third kappa shape index (κ3) is 5.75. The highest BCUT2D eigenvalue weighted by Gasteiger charge is 2.24. The van der Waals surface area contributed by atoms with Crippen LogP contribution in [-0.2, 0) is 14.8 Å². The highest BCUT2D eigenvalue weighted by molar-refractivity contribution is 7.92. The van der Waals surface area contributed by atoms with Gasteiger partial charge in [0.25, 0.3) is 5.91 Å². The lowest BCUT2D eigenvalue weighted by Gasteiger charge is -2.23. The molecule has 0 radical (unpaired) electrons. The molecular formula is C17H16Cl3N3O4S. The minimum Gasteiger partial charge on any atom is -0.495 e. The van der Waals surface area contributed by atoms with Crippen LogP contribution in [0.1, 0.15) is 5.56 Å². The molecule has 0 aliphatic rings. The normalized spacial score (nSPS) is 11.5. The Kier molecular flexibility index (Phi) is 7.54. The Morgan fingerprint density at radius 3 is 2.43 bits per heavy atom. The molecule has 150 valence electrons. The molecule has 0 fully saturated rings. The number of carbonyl (C=O) groups is 1. The second-order valence-electron chi connectivity index (χ2n) is 5.51. The minimum absolute atomic E-state index is 0.130. The second kappa shape index (κ2) is 9.47. The van der Waals surface area contributed by atoms with Gasteiger partial charge in [-0.15, -0.1) is 0 Å². The third-order valence-corrected chi connectivity index (χ3v) is 5.50. The number of carbonyl (C=O) groups excluding carboxylic acids is 1. The molecule has 2 aromatic carbocycles. The maximum Gasteiger partial charge on any atom is 0.260 e. The maximum atomic E-state index is 12.2. The molecule has 28 heavy (non-hydrogen) atoms. The van der Waals surface area contributed by atoms with Gasteiger partial charge >= 0.3 is 0 Å². The Balaban J connectivity index is 2.21. The van der Waals surface area contributed by atoms with Crippen molar-refractivity contribution in [1.82, 2.24) is 5.43 Å². The first-order valence-corrected chi connectivity index (χ1v) is 10.7. The predicted molar refractivity (Wildman–Crippen MR) is 112 cm³/mol. The number of hydrogen-bond donors (Lipinski definition) is 1. The Bertz CT molecular complexity index is 992. The molecule has 1 N–H and O–H groups in total. The molecule has 7 nitrogen and oxygen atoms in total. The molecule has 11 heteroatoms. The van der Waals surface area contributed by atoms with Gasteiger partial charge < -0.3 is 4.74 Å². The van der Waals surface area contributed by atoms with Crippen molar-refractivity contribution in [2.75, 3.05) is 24.2 Å². The van der Waals surface area contributed by atoms with Gasteiger partial charge in [0.05, 0.1) is 35.3 Å². The molecule has 1 amide bonds. The smallest absolute Gasteiger partial charge is 0.260 e. The summed E-state index contributed by atoms with van der Waals surface area (Å²) in [6, 6.07) is 9.35. The van der Waals surface area contributed by atoms with Crippen LogP contribution in [0.3, 0.4) is 0 Å². The number of nitrogens with zero attached hydrogens (tertiary/aromatic N) is 2. The van der Waals surface area contributed by atoms with Gasteiger partial charge in [0.15, 0.2) is 0 Å². The molecule has 0 spiro atoms. The number of methoxy groups -OCH3 is 1. The van der Waals surface area contributed by atoms with Gasteiger partial charge in [-0.25, -0.2) is 13.8 Å². The van der Waals surface area contributed by atoms with E-state index in [4.69, 9.17) is 39.5 Å². The number of amides is 1. The van der Waals surface area contributed by atoms with Crippen molar-refractivity contribution in [3.05, 3.63) is 57.0 Å². The van der Waals surface area contributed by atoms with Gasteiger partial charge in [0, 0.05) is 10.6 Å². The van der Waals surface area contributed by atoms with E-state index in [-0.39, 0.29) is 16.5 Å². The number of ether oxygens (including phenoxy) is 1. The topological polar surface area (TPSA) is 88.1 Å². The van der Waals surface area contributed by atoms with Crippen LogP contribution >= 0.6 is 34.8 Å². The molecule has 0 saturated carbocycles. The van der Waals surface area contributed by atoms with Crippen LogP contribution in [0.25, 0.3) is 0 Å².